The molecule has 5 nitrogen and oxygen atoms in total. The van der Waals surface area contributed by atoms with Gasteiger partial charge in [-0.05, 0) is 118 Å². The molecule has 208 valence electrons. The maximum atomic E-state index is 10.4. The third-order valence-corrected chi connectivity index (χ3v) is 11.7. The van der Waals surface area contributed by atoms with Gasteiger partial charge in [0.1, 0.15) is 11.3 Å². The lowest BCUT2D eigenvalue weighted by atomic mass is 9.47. The van der Waals surface area contributed by atoms with E-state index in [1.54, 1.807) is 19.4 Å². The summed E-state index contributed by atoms with van der Waals surface area (Å²) in [5.41, 5.74) is 2.00. The number of hydrogen-bond donors (Lipinski definition) is 2. The smallest absolute Gasteiger partial charge is 0.114 e. The summed E-state index contributed by atoms with van der Waals surface area (Å²) in [5, 5.41) is 29.6. The molecule has 4 aliphatic rings. The van der Waals surface area contributed by atoms with E-state index in [1.807, 2.05) is 10.9 Å². The Morgan fingerprint density at radius 1 is 1.08 bits per heavy atom. The summed E-state index contributed by atoms with van der Waals surface area (Å²) in [4.78, 5) is 0. The fraction of sp³-hybridized carbons (Fsp3) is 0.875. The average molecular weight is 512 g/mol. The van der Waals surface area contributed by atoms with Gasteiger partial charge in [0.25, 0.3) is 0 Å². The van der Waals surface area contributed by atoms with Gasteiger partial charge in [0.05, 0.1) is 12.3 Å². The van der Waals surface area contributed by atoms with Gasteiger partial charge < -0.3 is 10.2 Å². The molecule has 0 aromatic carbocycles. The van der Waals surface area contributed by atoms with Crippen molar-refractivity contribution in [2.75, 3.05) is 0 Å². The van der Waals surface area contributed by atoms with Crippen LogP contribution in [-0.2, 0) is 12.1 Å². The van der Waals surface area contributed by atoms with E-state index in [0.717, 1.165) is 49.0 Å². The molecule has 37 heavy (non-hydrogen) atoms. The highest BCUT2D eigenvalue weighted by molar-refractivity contribution is 5.25. The lowest BCUT2D eigenvalue weighted by Gasteiger charge is -2.58. The Morgan fingerprint density at radius 2 is 1.86 bits per heavy atom. The molecule has 1 heterocycles. The summed E-state index contributed by atoms with van der Waals surface area (Å²) in [7, 11) is 0. The van der Waals surface area contributed by atoms with Crippen LogP contribution < -0.4 is 0 Å². The van der Waals surface area contributed by atoms with Gasteiger partial charge in [-0.3, -0.25) is 4.68 Å². The fourth-order valence-corrected chi connectivity index (χ4v) is 9.57. The van der Waals surface area contributed by atoms with E-state index >= 15 is 0 Å². The number of aliphatic hydroxyl groups is 2. The number of aromatic nitrogens is 3. The first-order valence-electron chi connectivity index (χ1n) is 15.4. The van der Waals surface area contributed by atoms with Gasteiger partial charge in [-0.2, -0.15) is 0 Å². The minimum absolute atomic E-state index is 0.124. The topological polar surface area (TPSA) is 71.2 Å². The quantitative estimate of drug-likeness (QED) is 0.373. The number of aliphatic hydroxyl groups excluding tert-OH is 1. The third-order valence-electron chi connectivity index (χ3n) is 11.7. The van der Waals surface area contributed by atoms with Crippen molar-refractivity contribution >= 4 is 0 Å². The summed E-state index contributed by atoms with van der Waals surface area (Å²) in [6.07, 6.45) is 18.0. The van der Waals surface area contributed by atoms with Gasteiger partial charge >= 0.3 is 0 Å². The largest absolute Gasteiger partial charge is 0.393 e. The van der Waals surface area contributed by atoms with Crippen LogP contribution in [0.25, 0.3) is 0 Å². The number of rotatable bonds is 8. The highest BCUT2D eigenvalue weighted by Crippen LogP contribution is 2.67. The van der Waals surface area contributed by atoms with Gasteiger partial charge in [-0.15, -0.1) is 5.10 Å². The fourth-order valence-electron chi connectivity index (χ4n) is 9.57. The van der Waals surface area contributed by atoms with Crippen LogP contribution >= 0.6 is 0 Å². The van der Waals surface area contributed by atoms with Crippen molar-refractivity contribution in [3.05, 3.63) is 23.5 Å². The van der Waals surface area contributed by atoms with E-state index in [1.165, 1.54) is 57.8 Å². The Morgan fingerprint density at radius 3 is 2.57 bits per heavy atom. The van der Waals surface area contributed by atoms with Crippen LogP contribution in [0.15, 0.2) is 17.8 Å². The molecular formula is C32H53N3O2. The van der Waals surface area contributed by atoms with E-state index in [0.29, 0.717) is 22.4 Å². The van der Waals surface area contributed by atoms with Crippen molar-refractivity contribution in [1.82, 2.24) is 15.0 Å². The van der Waals surface area contributed by atoms with Gasteiger partial charge in [-0.1, -0.05) is 57.4 Å². The van der Waals surface area contributed by atoms with Crippen molar-refractivity contribution in [2.45, 2.75) is 130 Å². The second kappa shape index (κ2) is 10.1. The third kappa shape index (κ3) is 5.09. The summed E-state index contributed by atoms with van der Waals surface area (Å²) in [5.74, 6) is 4.49. The Hall–Kier alpha value is -1.20. The minimum atomic E-state index is -0.952. The van der Waals surface area contributed by atoms with Gasteiger partial charge in [0, 0.05) is 6.54 Å². The van der Waals surface area contributed by atoms with E-state index in [2.05, 4.69) is 44.1 Å². The summed E-state index contributed by atoms with van der Waals surface area (Å²) in [6.45, 7) is 14.4. The predicted octanol–water partition coefficient (Wildman–Crippen LogP) is 6.89. The molecule has 1 aromatic rings. The highest BCUT2D eigenvalue weighted by atomic mass is 16.3. The van der Waals surface area contributed by atoms with Crippen molar-refractivity contribution < 1.29 is 10.2 Å². The molecule has 0 unspecified atom stereocenters. The molecule has 8 atom stereocenters. The lowest BCUT2D eigenvalue weighted by Crippen LogP contribution is -2.51. The van der Waals surface area contributed by atoms with Crippen molar-refractivity contribution in [1.29, 1.82) is 0 Å². The Labute approximate surface area is 225 Å². The van der Waals surface area contributed by atoms with Crippen LogP contribution in [0.5, 0.6) is 0 Å². The molecule has 5 heteroatoms. The molecule has 3 fully saturated rings. The summed E-state index contributed by atoms with van der Waals surface area (Å²) < 4.78 is 2.03. The minimum Gasteiger partial charge on any atom is -0.393 e. The summed E-state index contributed by atoms with van der Waals surface area (Å²) >= 11 is 0. The molecule has 1 aromatic heterocycles. The molecule has 0 aliphatic heterocycles. The normalized spacial score (nSPS) is 38.6. The van der Waals surface area contributed by atoms with E-state index in [-0.39, 0.29) is 6.10 Å². The van der Waals surface area contributed by atoms with Crippen LogP contribution in [0, 0.1) is 46.3 Å². The zero-order chi connectivity index (χ0) is 26.6. The Balaban J connectivity index is 1.37. The zero-order valence-corrected chi connectivity index (χ0v) is 24.4. The van der Waals surface area contributed by atoms with Gasteiger partial charge in [-0.25, -0.2) is 0 Å². The standard InChI is InChI=1S/C32H53N3O2/c1-21(2)8-7-9-22(19-35-20-29(33-34-35)30(3,4)37)26-12-13-27-25-11-10-23-18-24(36)14-16-31(23,5)28(25)15-17-32(26,27)6/h10,20-22,24-28,36-37H,7-9,11-19H2,1-6H3/t22-,24+,25+,26-,27+,28+,31+,32-/m1/s1. The van der Waals surface area contributed by atoms with Gasteiger partial charge in [0.15, 0.2) is 0 Å². The van der Waals surface area contributed by atoms with E-state index in [4.69, 9.17) is 0 Å². The molecular weight excluding hydrogens is 458 g/mol. The van der Waals surface area contributed by atoms with Crippen molar-refractivity contribution in [3.8, 4) is 0 Å². The SMILES string of the molecule is CC(C)CCC[C@H](Cn1cc(C(C)(C)O)nn1)[C@H]1CC[C@H]2[C@@H]3CC=C4C[C@@H](O)CC[C@]4(C)[C@H]3CC[C@]12C. The summed E-state index contributed by atoms with van der Waals surface area (Å²) in [6, 6.07) is 0. The number of hydrogen-bond acceptors (Lipinski definition) is 4. The van der Waals surface area contributed by atoms with Crippen LogP contribution in [0.3, 0.4) is 0 Å². The molecule has 4 aliphatic carbocycles. The molecule has 3 saturated carbocycles. The molecule has 0 bridgehead atoms. The lowest BCUT2D eigenvalue weighted by molar-refractivity contribution is -0.0599. The average Bonchev–Trinajstić information content (AvgIpc) is 3.43. The number of nitrogens with zero attached hydrogens (tertiary/aromatic N) is 3. The van der Waals surface area contributed by atoms with Crippen molar-refractivity contribution in [3.63, 3.8) is 0 Å². The van der Waals surface area contributed by atoms with E-state index in [9.17, 15) is 10.2 Å². The maximum Gasteiger partial charge on any atom is 0.114 e. The monoisotopic (exact) mass is 511 g/mol. The second-order valence-electron chi connectivity index (χ2n) is 14.9. The number of allylic oxidation sites excluding steroid dienone is 1. The highest BCUT2D eigenvalue weighted by Gasteiger charge is 2.59. The molecule has 0 spiro atoms. The molecule has 0 amide bonds. The molecule has 2 N–H and O–H groups in total. The van der Waals surface area contributed by atoms with Crippen LogP contribution in [0.4, 0.5) is 0 Å². The first-order chi connectivity index (χ1) is 17.4. The van der Waals surface area contributed by atoms with E-state index < -0.39 is 5.60 Å². The predicted molar refractivity (Wildman–Crippen MR) is 149 cm³/mol. The van der Waals surface area contributed by atoms with Crippen LogP contribution in [-0.4, -0.2) is 31.3 Å². The first-order valence-corrected chi connectivity index (χ1v) is 15.4. The Bertz CT molecular complexity index is 977. The second-order valence-corrected chi connectivity index (χ2v) is 14.9. The maximum absolute atomic E-state index is 10.4. The molecule has 0 saturated heterocycles. The number of fused-ring (bicyclic) bond motifs is 5. The molecule has 0 radical (unpaired) electrons. The zero-order valence-electron chi connectivity index (χ0n) is 24.4. The Kier molecular flexibility index (Phi) is 7.46. The van der Waals surface area contributed by atoms with Crippen LogP contribution in [0.1, 0.15) is 118 Å². The first kappa shape index (κ1) is 27.4. The van der Waals surface area contributed by atoms with Crippen molar-refractivity contribution in [2.24, 2.45) is 46.3 Å². The van der Waals surface area contributed by atoms with Gasteiger partial charge in [0.2, 0.25) is 0 Å². The molecule has 5 rings (SSSR count). The van der Waals surface area contributed by atoms with Crippen LogP contribution in [0.2, 0.25) is 0 Å².